The Balaban J connectivity index is 2.11. The summed E-state index contributed by atoms with van der Waals surface area (Å²) in [6.45, 7) is 11.3. The number of hydrogen-bond acceptors (Lipinski definition) is 2. The molecular formula is C16H26N2. The highest BCUT2D eigenvalue weighted by atomic mass is 15.2. The monoisotopic (exact) mass is 246 g/mol. The van der Waals surface area contributed by atoms with Gasteiger partial charge in [-0.1, -0.05) is 31.5 Å². The third-order valence-electron chi connectivity index (χ3n) is 4.10. The summed E-state index contributed by atoms with van der Waals surface area (Å²) in [6, 6.07) is 7.34. The first-order valence-electron chi connectivity index (χ1n) is 7.22. The lowest BCUT2D eigenvalue weighted by atomic mass is 10.0. The van der Waals surface area contributed by atoms with Crippen molar-refractivity contribution >= 4 is 0 Å². The van der Waals surface area contributed by atoms with E-state index in [-0.39, 0.29) is 0 Å². The molecule has 0 spiro atoms. The summed E-state index contributed by atoms with van der Waals surface area (Å²) in [7, 11) is 0. The Morgan fingerprint density at radius 1 is 1.28 bits per heavy atom. The summed E-state index contributed by atoms with van der Waals surface area (Å²) in [5, 5.41) is 3.52. The Morgan fingerprint density at radius 3 is 2.67 bits per heavy atom. The smallest absolute Gasteiger partial charge is 0.0243 e. The van der Waals surface area contributed by atoms with Crippen LogP contribution in [-0.4, -0.2) is 30.6 Å². The fraction of sp³-hybridized carbons (Fsp3) is 0.625. The second-order valence-corrected chi connectivity index (χ2v) is 5.49. The first-order chi connectivity index (χ1) is 8.72. The van der Waals surface area contributed by atoms with Crippen LogP contribution in [0.25, 0.3) is 0 Å². The van der Waals surface area contributed by atoms with Crippen LogP contribution in [0.15, 0.2) is 18.2 Å². The molecule has 1 aromatic rings. The van der Waals surface area contributed by atoms with Gasteiger partial charge in [0.1, 0.15) is 0 Å². The molecule has 1 aromatic carbocycles. The van der Waals surface area contributed by atoms with Gasteiger partial charge in [-0.25, -0.2) is 0 Å². The van der Waals surface area contributed by atoms with Gasteiger partial charge in [-0.05, 0) is 37.0 Å². The number of rotatable bonds is 4. The van der Waals surface area contributed by atoms with Gasteiger partial charge < -0.3 is 5.32 Å². The number of piperazine rings is 1. The summed E-state index contributed by atoms with van der Waals surface area (Å²) in [5.74, 6) is 0. The summed E-state index contributed by atoms with van der Waals surface area (Å²) < 4.78 is 0. The molecule has 1 saturated heterocycles. The van der Waals surface area contributed by atoms with Crippen molar-refractivity contribution in [2.45, 2.75) is 46.2 Å². The molecule has 1 N–H and O–H groups in total. The minimum Gasteiger partial charge on any atom is -0.314 e. The Hall–Kier alpha value is -0.860. The Bertz CT molecular complexity index is 364. The highest BCUT2D eigenvalue weighted by molar-refractivity contribution is 5.33. The van der Waals surface area contributed by atoms with Crippen LogP contribution in [0.2, 0.25) is 0 Å². The van der Waals surface area contributed by atoms with Crippen molar-refractivity contribution in [1.29, 1.82) is 0 Å². The summed E-state index contributed by atoms with van der Waals surface area (Å²) in [6.07, 6.45) is 2.58. The lowest BCUT2D eigenvalue weighted by molar-refractivity contribution is 0.144. The Morgan fingerprint density at radius 2 is 2.00 bits per heavy atom. The summed E-state index contributed by atoms with van der Waals surface area (Å²) in [4.78, 5) is 2.66. The van der Waals surface area contributed by atoms with Crippen molar-refractivity contribution in [1.82, 2.24) is 10.2 Å². The molecule has 1 fully saturated rings. The van der Waals surface area contributed by atoms with Crippen molar-refractivity contribution in [3.63, 3.8) is 0 Å². The molecule has 100 valence electrons. The van der Waals surface area contributed by atoms with E-state index in [1.807, 2.05) is 0 Å². The predicted octanol–water partition coefficient (Wildman–Crippen LogP) is 2.88. The van der Waals surface area contributed by atoms with Gasteiger partial charge in [0, 0.05) is 32.2 Å². The maximum absolute atomic E-state index is 3.52. The van der Waals surface area contributed by atoms with Crippen LogP contribution in [-0.2, 0) is 6.54 Å². The molecule has 2 nitrogen and oxygen atoms in total. The predicted molar refractivity (Wildman–Crippen MR) is 77.9 cm³/mol. The highest BCUT2D eigenvalue weighted by Crippen LogP contribution is 2.19. The topological polar surface area (TPSA) is 15.3 Å². The molecule has 1 unspecified atom stereocenters. The number of hydrogen-bond donors (Lipinski definition) is 1. The number of nitrogens with one attached hydrogen (secondary N) is 1. The fourth-order valence-corrected chi connectivity index (χ4v) is 2.93. The minimum atomic E-state index is 0.711. The average molecular weight is 246 g/mol. The molecule has 0 aromatic heterocycles. The van der Waals surface area contributed by atoms with Crippen molar-refractivity contribution < 1.29 is 0 Å². The second-order valence-electron chi connectivity index (χ2n) is 5.49. The standard InChI is InChI=1S/C16H26N2/c1-4-6-15-11-17-9-10-18(15)12-16-13(2)7-5-8-14(16)3/h5,7-8,15,17H,4,6,9-12H2,1-3H3. The molecule has 1 atom stereocenters. The Labute approximate surface area is 111 Å². The maximum atomic E-state index is 3.52. The zero-order chi connectivity index (χ0) is 13.0. The van der Waals surface area contributed by atoms with E-state index in [1.165, 1.54) is 36.1 Å². The van der Waals surface area contributed by atoms with Crippen molar-refractivity contribution in [2.75, 3.05) is 19.6 Å². The quantitative estimate of drug-likeness (QED) is 0.879. The molecule has 1 heterocycles. The van der Waals surface area contributed by atoms with Crippen LogP contribution in [0.1, 0.15) is 36.5 Å². The van der Waals surface area contributed by atoms with Crippen molar-refractivity contribution in [3.8, 4) is 0 Å². The molecule has 0 amide bonds. The molecule has 0 aliphatic carbocycles. The van der Waals surface area contributed by atoms with Crippen LogP contribution in [0, 0.1) is 13.8 Å². The van der Waals surface area contributed by atoms with Crippen LogP contribution in [0.4, 0.5) is 0 Å². The van der Waals surface area contributed by atoms with Gasteiger partial charge in [0.2, 0.25) is 0 Å². The third kappa shape index (κ3) is 3.12. The highest BCUT2D eigenvalue weighted by Gasteiger charge is 2.22. The molecule has 0 saturated carbocycles. The van der Waals surface area contributed by atoms with Crippen LogP contribution in [0.5, 0.6) is 0 Å². The number of aryl methyl sites for hydroxylation is 2. The summed E-state index contributed by atoms with van der Waals surface area (Å²) >= 11 is 0. The molecular weight excluding hydrogens is 220 g/mol. The van der Waals surface area contributed by atoms with Crippen molar-refractivity contribution in [3.05, 3.63) is 34.9 Å². The lowest BCUT2D eigenvalue weighted by Crippen LogP contribution is -2.50. The van der Waals surface area contributed by atoms with E-state index >= 15 is 0 Å². The zero-order valence-electron chi connectivity index (χ0n) is 12.0. The van der Waals surface area contributed by atoms with Crippen LogP contribution >= 0.6 is 0 Å². The molecule has 2 heteroatoms. The van der Waals surface area contributed by atoms with E-state index < -0.39 is 0 Å². The van der Waals surface area contributed by atoms with Gasteiger partial charge in [0.15, 0.2) is 0 Å². The molecule has 0 radical (unpaired) electrons. The average Bonchev–Trinajstić information content (AvgIpc) is 2.36. The van der Waals surface area contributed by atoms with Gasteiger partial charge in [0.05, 0.1) is 0 Å². The van der Waals surface area contributed by atoms with Gasteiger partial charge >= 0.3 is 0 Å². The van der Waals surface area contributed by atoms with Gasteiger partial charge in [-0.15, -0.1) is 0 Å². The van der Waals surface area contributed by atoms with E-state index in [1.54, 1.807) is 0 Å². The van der Waals surface area contributed by atoms with E-state index in [4.69, 9.17) is 0 Å². The number of benzene rings is 1. The number of nitrogens with zero attached hydrogens (tertiary/aromatic N) is 1. The SMILES string of the molecule is CCCC1CNCCN1Cc1c(C)cccc1C. The largest absolute Gasteiger partial charge is 0.314 e. The molecule has 0 bridgehead atoms. The normalized spacial score (nSPS) is 21.2. The molecule has 1 aliphatic heterocycles. The molecule has 2 rings (SSSR count). The first-order valence-corrected chi connectivity index (χ1v) is 7.22. The zero-order valence-corrected chi connectivity index (χ0v) is 12.0. The fourth-order valence-electron chi connectivity index (χ4n) is 2.93. The van der Waals surface area contributed by atoms with Crippen LogP contribution < -0.4 is 5.32 Å². The second kappa shape index (κ2) is 6.35. The molecule has 1 aliphatic rings. The maximum Gasteiger partial charge on any atom is 0.0243 e. The van der Waals surface area contributed by atoms with E-state index in [9.17, 15) is 0 Å². The Kier molecular flexibility index (Phi) is 4.79. The van der Waals surface area contributed by atoms with Crippen LogP contribution in [0.3, 0.4) is 0 Å². The van der Waals surface area contributed by atoms with E-state index in [0.717, 1.165) is 19.6 Å². The van der Waals surface area contributed by atoms with Gasteiger partial charge in [-0.2, -0.15) is 0 Å². The van der Waals surface area contributed by atoms with Crippen molar-refractivity contribution in [2.24, 2.45) is 0 Å². The summed E-state index contributed by atoms with van der Waals surface area (Å²) in [5.41, 5.74) is 4.40. The molecule has 18 heavy (non-hydrogen) atoms. The van der Waals surface area contributed by atoms with Gasteiger partial charge in [-0.3, -0.25) is 4.90 Å². The van der Waals surface area contributed by atoms with E-state index in [2.05, 4.69) is 49.2 Å². The third-order valence-corrected chi connectivity index (χ3v) is 4.10. The lowest BCUT2D eigenvalue weighted by Gasteiger charge is -2.36. The first kappa shape index (κ1) is 13.6. The van der Waals surface area contributed by atoms with Gasteiger partial charge in [0.25, 0.3) is 0 Å². The minimum absolute atomic E-state index is 0.711. The van der Waals surface area contributed by atoms with E-state index in [0.29, 0.717) is 6.04 Å².